The Bertz CT molecular complexity index is 1040. The van der Waals surface area contributed by atoms with Gasteiger partial charge >= 0.3 is 5.97 Å². The Morgan fingerprint density at radius 2 is 1.69 bits per heavy atom. The van der Waals surface area contributed by atoms with Gasteiger partial charge < -0.3 is 9.64 Å². The van der Waals surface area contributed by atoms with E-state index in [0.29, 0.717) is 11.4 Å². The van der Waals surface area contributed by atoms with Gasteiger partial charge in [-0.2, -0.15) is 0 Å². The summed E-state index contributed by atoms with van der Waals surface area (Å²) in [6.07, 6.45) is 3.62. The molecule has 6 heteroatoms. The van der Waals surface area contributed by atoms with Crippen LogP contribution in [0, 0.1) is 13.8 Å². The van der Waals surface area contributed by atoms with Gasteiger partial charge in [-0.15, -0.1) is 0 Å². The van der Waals surface area contributed by atoms with Gasteiger partial charge in [0.05, 0.1) is 12.7 Å². The fourth-order valence-electron chi connectivity index (χ4n) is 2.88. The largest absolute Gasteiger partial charge is 0.465 e. The summed E-state index contributed by atoms with van der Waals surface area (Å²) in [5, 5.41) is 0. The van der Waals surface area contributed by atoms with Gasteiger partial charge in [-0.1, -0.05) is 18.2 Å². The van der Waals surface area contributed by atoms with E-state index in [0.717, 1.165) is 33.8 Å². The van der Waals surface area contributed by atoms with Crippen LogP contribution in [-0.4, -0.2) is 47.9 Å². The molecule has 0 saturated carbocycles. The second kappa shape index (κ2) is 8.65. The molecule has 0 aliphatic heterocycles. The normalized spacial score (nSPS) is 11.3. The van der Waals surface area contributed by atoms with E-state index in [4.69, 9.17) is 9.73 Å². The van der Waals surface area contributed by atoms with Crippen LogP contribution in [0.15, 0.2) is 59.9 Å². The zero-order valence-electron chi connectivity index (χ0n) is 17.3. The third-order valence-corrected chi connectivity index (χ3v) is 4.47. The van der Waals surface area contributed by atoms with Gasteiger partial charge in [0.2, 0.25) is 0 Å². The first-order valence-electron chi connectivity index (χ1n) is 9.23. The lowest BCUT2D eigenvalue weighted by Gasteiger charge is -2.17. The molecule has 0 spiro atoms. The number of carbonyl (C=O) groups excluding carboxylic acids is 1. The number of hydrogen-bond acceptors (Lipinski definition) is 5. The van der Waals surface area contributed by atoms with Crippen LogP contribution >= 0.6 is 0 Å². The Kier molecular flexibility index (Phi) is 6.02. The van der Waals surface area contributed by atoms with Crippen LogP contribution in [0.2, 0.25) is 0 Å². The van der Waals surface area contributed by atoms with Crippen molar-refractivity contribution < 1.29 is 9.53 Å². The SMILES string of the molecule is COC(=O)c1ccc(-c2cnc(/C(=N/c3ccc(C)cn3)N(C)C)c(C)c2)cc1. The van der Waals surface area contributed by atoms with Crippen molar-refractivity contribution in [2.45, 2.75) is 13.8 Å². The topological polar surface area (TPSA) is 67.7 Å². The highest BCUT2D eigenvalue weighted by Gasteiger charge is 2.13. The first-order valence-corrected chi connectivity index (χ1v) is 9.23. The van der Waals surface area contributed by atoms with Crippen LogP contribution < -0.4 is 0 Å². The molecule has 0 fully saturated rings. The van der Waals surface area contributed by atoms with Gasteiger partial charge in [0.15, 0.2) is 11.7 Å². The summed E-state index contributed by atoms with van der Waals surface area (Å²) < 4.78 is 4.75. The van der Waals surface area contributed by atoms with E-state index >= 15 is 0 Å². The fraction of sp³-hybridized carbons (Fsp3) is 0.217. The number of ether oxygens (including phenoxy) is 1. The lowest BCUT2D eigenvalue weighted by atomic mass is 10.0. The average molecular weight is 388 g/mol. The number of pyridine rings is 2. The van der Waals surface area contributed by atoms with Crippen molar-refractivity contribution in [3.8, 4) is 11.1 Å². The molecular weight excluding hydrogens is 364 g/mol. The number of hydrogen-bond donors (Lipinski definition) is 0. The van der Waals surface area contributed by atoms with Gasteiger partial charge in [-0.3, -0.25) is 4.98 Å². The average Bonchev–Trinajstić information content (AvgIpc) is 2.73. The highest BCUT2D eigenvalue weighted by atomic mass is 16.5. The Morgan fingerprint density at radius 1 is 0.966 bits per heavy atom. The van der Waals surface area contributed by atoms with Crippen LogP contribution in [0.5, 0.6) is 0 Å². The molecule has 0 unspecified atom stereocenters. The van der Waals surface area contributed by atoms with Crippen LogP contribution in [0.25, 0.3) is 11.1 Å². The summed E-state index contributed by atoms with van der Waals surface area (Å²) in [6.45, 7) is 4.01. The van der Waals surface area contributed by atoms with Crippen LogP contribution in [0.3, 0.4) is 0 Å². The summed E-state index contributed by atoms with van der Waals surface area (Å²) >= 11 is 0. The maximum Gasteiger partial charge on any atom is 0.337 e. The number of amidine groups is 1. The summed E-state index contributed by atoms with van der Waals surface area (Å²) in [5.41, 5.74) is 5.35. The second-order valence-electron chi connectivity index (χ2n) is 6.98. The molecule has 3 rings (SSSR count). The minimum Gasteiger partial charge on any atom is -0.465 e. The minimum atomic E-state index is -0.349. The van der Waals surface area contributed by atoms with E-state index in [-0.39, 0.29) is 5.97 Å². The van der Waals surface area contributed by atoms with Crippen molar-refractivity contribution in [3.63, 3.8) is 0 Å². The fourth-order valence-corrected chi connectivity index (χ4v) is 2.88. The van der Waals surface area contributed by atoms with Crippen molar-refractivity contribution in [2.24, 2.45) is 4.99 Å². The quantitative estimate of drug-likeness (QED) is 0.381. The maximum atomic E-state index is 11.6. The molecule has 0 radical (unpaired) electrons. The van der Waals surface area contributed by atoms with Crippen molar-refractivity contribution in [2.75, 3.05) is 21.2 Å². The third kappa shape index (κ3) is 4.66. The van der Waals surface area contributed by atoms with Crippen molar-refractivity contribution in [1.82, 2.24) is 14.9 Å². The minimum absolute atomic E-state index is 0.349. The van der Waals surface area contributed by atoms with Crippen LogP contribution in [-0.2, 0) is 4.74 Å². The number of carbonyl (C=O) groups is 1. The molecule has 0 aliphatic carbocycles. The predicted molar refractivity (Wildman–Crippen MR) is 115 cm³/mol. The number of rotatable bonds is 4. The summed E-state index contributed by atoms with van der Waals surface area (Å²) in [6, 6.07) is 13.2. The second-order valence-corrected chi connectivity index (χ2v) is 6.98. The van der Waals surface area contributed by atoms with Gasteiger partial charge in [0, 0.05) is 32.1 Å². The number of esters is 1. The molecule has 6 nitrogen and oxygen atoms in total. The Hall–Kier alpha value is -3.54. The zero-order chi connectivity index (χ0) is 21.0. The summed E-state index contributed by atoms with van der Waals surface area (Å²) in [7, 11) is 5.25. The van der Waals surface area contributed by atoms with Crippen molar-refractivity contribution in [3.05, 3.63) is 77.2 Å². The number of nitrogens with zero attached hydrogens (tertiary/aromatic N) is 4. The molecule has 0 aliphatic rings. The van der Waals surface area contributed by atoms with E-state index in [9.17, 15) is 4.79 Å². The highest BCUT2D eigenvalue weighted by molar-refractivity contribution is 5.99. The number of aryl methyl sites for hydroxylation is 2. The predicted octanol–water partition coefficient (Wildman–Crippen LogP) is 4.19. The molecule has 1 aromatic carbocycles. The molecule has 2 heterocycles. The monoisotopic (exact) mass is 388 g/mol. The van der Waals surface area contributed by atoms with E-state index in [1.54, 1.807) is 18.3 Å². The summed E-state index contributed by atoms with van der Waals surface area (Å²) in [4.78, 5) is 27.3. The molecule has 2 aromatic heterocycles. The highest BCUT2D eigenvalue weighted by Crippen LogP contribution is 2.23. The molecule has 0 amide bonds. The molecule has 148 valence electrons. The van der Waals surface area contributed by atoms with Crippen LogP contribution in [0.1, 0.15) is 27.2 Å². The Balaban J connectivity index is 1.95. The standard InChI is InChI=1S/C23H24N4O2/c1-15-6-11-20(24-13-15)26-22(27(3)4)21-16(2)12-19(14-25-21)17-7-9-18(10-8-17)23(28)29-5/h6-14H,1-5H3/b26-22-. The van der Waals surface area contributed by atoms with E-state index in [1.807, 2.05) is 63.3 Å². The number of methoxy groups -OCH3 is 1. The number of aliphatic imine (C=N–C) groups is 1. The smallest absolute Gasteiger partial charge is 0.337 e. The molecule has 0 atom stereocenters. The van der Waals surface area contributed by atoms with Gasteiger partial charge in [0.25, 0.3) is 0 Å². The summed E-state index contributed by atoms with van der Waals surface area (Å²) in [5.74, 6) is 1.03. The number of benzene rings is 1. The molecule has 0 saturated heterocycles. The molecular formula is C23H24N4O2. The molecule has 3 aromatic rings. The van der Waals surface area contributed by atoms with E-state index in [2.05, 4.69) is 16.0 Å². The van der Waals surface area contributed by atoms with Crippen molar-refractivity contribution in [1.29, 1.82) is 0 Å². The third-order valence-electron chi connectivity index (χ3n) is 4.47. The molecule has 29 heavy (non-hydrogen) atoms. The Labute approximate surface area is 170 Å². The Morgan fingerprint density at radius 3 is 2.24 bits per heavy atom. The molecule has 0 N–H and O–H groups in total. The van der Waals surface area contributed by atoms with Gasteiger partial charge in [-0.25, -0.2) is 14.8 Å². The lowest BCUT2D eigenvalue weighted by molar-refractivity contribution is 0.0601. The molecule has 0 bridgehead atoms. The lowest BCUT2D eigenvalue weighted by Crippen LogP contribution is -2.25. The maximum absolute atomic E-state index is 11.6. The van der Waals surface area contributed by atoms with E-state index in [1.165, 1.54) is 7.11 Å². The van der Waals surface area contributed by atoms with E-state index < -0.39 is 0 Å². The van der Waals surface area contributed by atoms with Gasteiger partial charge in [-0.05, 0) is 54.8 Å². The first-order chi connectivity index (χ1) is 13.9. The number of aromatic nitrogens is 2. The van der Waals surface area contributed by atoms with Gasteiger partial charge in [0.1, 0.15) is 5.69 Å². The van der Waals surface area contributed by atoms with Crippen LogP contribution in [0.4, 0.5) is 5.82 Å². The first kappa shape index (κ1) is 20.2. The zero-order valence-corrected chi connectivity index (χ0v) is 17.3. The van der Waals surface area contributed by atoms with Crippen molar-refractivity contribution >= 4 is 17.6 Å².